The van der Waals surface area contributed by atoms with E-state index in [1.165, 1.54) is 16.0 Å². The molecular formula is C34H44N2O4S. The number of carbonyl (C=O) groups excluding carboxylic acids is 1. The van der Waals surface area contributed by atoms with Crippen molar-refractivity contribution in [1.29, 1.82) is 0 Å². The number of methoxy groups -OCH3 is 1. The summed E-state index contributed by atoms with van der Waals surface area (Å²) in [6.45, 7) is 5.54. The van der Waals surface area contributed by atoms with Gasteiger partial charge in [-0.15, -0.1) is 11.3 Å². The zero-order valence-electron chi connectivity index (χ0n) is 24.6. The van der Waals surface area contributed by atoms with Crippen molar-refractivity contribution in [2.75, 3.05) is 25.5 Å². The molecule has 6 rings (SSSR count). The molecule has 6 atom stereocenters. The fourth-order valence-corrected chi connectivity index (χ4v) is 9.20. The molecule has 3 N–H and O–H groups in total. The molecule has 6 nitrogen and oxygen atoms in total. The Morgan fingerprint density at radius 3 is 2.59 bits per heavy atom. The van der Waals surface area contributed by atoms with Gasteiger partial charge < -0.3 is 25.2 Å². The summed E-state index contributed by atoms with van der Waals surface area (Å²) in [6.07, 6.45) is 11.4. The van der Waals surface area contributed by atoms with Gasteiger partial charge in [-0.05, 0) is 104 Å². The standard InChI is InChI=1S/C34H44N2O4S/c1-32-16-12-25(37)21-23(32)6-11-28-29(32)13-17-33(2)30(28)14-18-34(33,39)22-36(19-15-27-5-4-20-41-27)31(38)35-24-7-9-26(40-3)10-8-24/h4-11,20,25,29-30,37,39H,12-19,21-22H2,1-3H3,(H,35,38). The number of benzene rings is 1. The number of aliphatic hydroxyl groups excluding tert-OH is 1. The Labute approximate surface area is 248 Å². The zero-order valence-corrected chi connectivity index (χ0v) is 25.4. The molecule has 41 heavy (non-hydrogen) atoms. The van der Waals surface area contributed by atoms with Crippen LogP contribution in [0.5, 0.6) is 5.75 Å². The number of rotatable bonds is 7. The van der Waals surface area contributed by atoms with Gasteiger partial charge in [-0.1, -0.05) is 43.2 Å². The normalized spacial score (nSPS) is 34.0. The van der Waals surface area contributed by atoms with E-state index in [0.29, 0.717) is 37.0 Å². The number of amides is 2. The minimum atomic E-state index is -0.968. The first-order valence-corrected chi connectivity index (χ1v) is 16.1. The first-order valence-electron chi connectivity index (χ1n) is 15.2. The molecule has 3 fully saturated rings. The second-order valence-corrected chi connectivity index (χ2v) is 14.2. The van der Waals surface area contributed by atoms with Crippen LogP contribution in [0.3, 0.4) is 0 Å². The molecule has 6 unspecified atom stereocenters. The van der Waals surface area contributed by atoms with E-state index in [1.54, 1.807) is 18.4 Å². The first kappa shape index (κ1) is 28.5. The number of anilines is 1. The van der Waals surface area contributed by atoms with Gasteiger partial charge >= 0.3 is 6.03 Å². The lowest BCUT2D eigenvalue weighted by molar-refractivity contribution is -0.0958. The molecule has 3 saturated carbocycles. The van der Waals surface area contributed by atoms with Crippen molar-refractivity contribution in [2.45, 2.75) is 76.9 Å². The highest BCUT2D eigenvalue weighted by molar-refractivity contribution is 7.09. The maximum absolute atomic E-state index is 13.7. The molecule has 0 spiro atoms. The van der Waals surface area contributed by atoms with E-state index in [-0.39, 0.29) is 23.0 Å². The molecule has 4 aliphatic rings. The second-order valence-electron chi connectivity index (χ2n) is 13.2. The summed E-state index contributed by atoms with van der Waals surface area (Å²) in [6, 6.07) is 11.3. The number of fused-ring (bicyclic) bond motifs is 5. The smallest absolute Gasteiger partial charge is 0.321 e. The van der Waals surface area contributed by atoms with Gasteiger partial charge in [-0.2, -0.15) is 0 Å². The third-order valence-electron chi connectivity index (χ3n) is 11.2. The Balaban J connectivity index is 1.24. The number of nitrogens with one attached hydrogen (secondary N) is 1. The fourth-order valence-electron chi connectivity index (χ4n) is 8.50. The van der Waals surface area contributed by atoms with Crippen LogP contribution >= 0.6 is 11.3 Å². The Morgan fingerprint density at radius 1 is 1.07 bits per heavy atom. The average molecular weight is 577 g/mol. The summed E-state index contributed by atoms with van der Waals surface area (Å²) < 4.78 is 5.27. The molecule has 0 saturated heterocycles. The summed E-state index contributed by atoms with van der Waals surface area (Å²) in [7, 11) is 1.63. The van der Waals surface area contributed by atoms with Crippen molar-refractivity contribution in [3.8, 4) is 5.75 Å². The first-order chi connectivity index (χ1) is 19.6. The monoisotopic (exact) mass is 576 g/mol. The van der Waals surface area contributed by atoms with E-state index in [2.05, 4.69) is 42.8 Å². The van der Waals surface area contributed by atoms with Gasteiger partial charge in [0.25, 0.3) is 0 Å². The number of allylic oxidation sites excluding steroid dienone is 3. The predicted molar refractivity (Wildman–Crippen MR) is 164 cm³/mol. The number of urea groups is 1. The van der Waals surface area contributed by atoms with Crippen LogP contribution < -0.4 is 10.1 Å². The van der Waals surface area contributed by atoms with E-state index in [9.17, 15) is 15.0 Å². The molecule has 220 valence electrons. The number of nitrogens with zero attached hydrogens (tertiary/aromatic N) is 1. The Morgan fingerprint density at radius 2 is 1.85 bits per heavy atom. The van der Waals surface area contributed by atoms with Gasteiger partial charge in [0.15, 0.2) is 0 Å². The lowest BCUT2D eigenvalue weighted by Crippen LogP contribution is -2.57. The predicted octanol–water partition coefficient (Wildman–Crippen LogP) is 6.81. The Hall–Kier alpha value is -2.61. The van der Waals surface area contributed by atoms with Crippen molar-refractivity contribution in [3.63, 3.8) is 0 Å². The summed E-state index contributed by atoms with van der Waals surface area (Å²) in [5.74, 6) is 1.52. The Bertz CT molecular complexity index is 1320. The Kier molecular flexibility index (Phi) is 7.58. The highest BCUT2D eigenvalue weighted by Crippen LogP contribution is 2.66. The third kappa shape index (κ3) is 5.04. The van der Waals surface area contributed by atoms with E-state index >= 15 is 0 Å². The van der Waals surface area contributed by atoms with Gasteiger partial charge in [-0.3, -0.25) is 0 Å². The van der Waals surface area contributed by atoms with Gasteiger partial charge in [-0.25, -0.2) is 4.79 Å². The van der Waals surface area contributed by atoms with Crippen LogP contribution in [-0.2, 0) is 6.42 Å². The number of ether oxygens (including phenoxy) is 1. The minimum absolute atomic E-state index is 0.107. The van der Waals surface area contributed by atoms with Crippen molar-refractivity contribution in [3.05, 3.63) is 70.0 Å². The molecular weight excluding hydrogens is 532 g/mol. The lowest BCUT2D eigenvalue weighted by Gasteiger charge is -2.56. The van der Waals surface area contributed by atoms with Crippen molar-refractivity contribution in [1.82, 2.24) is 4.90 Å². The number of aliphatic hydroxyl groups is 2. The maximum atomic E-state index is 13.7. The number of hydrogen-bond donors (Lipinski definition) is 3. The van der Waals surface area contributed by atoms with Crippen molar-refractivity contribution < 1.29 is 19.7 Å². The zero-order chi connectivity index (χ0) is 28.8. The number of carbonyl (C=O) groups is 1. The SMILES string of the molecule is COc1ccc(NC(=O)N(CCc2cccs2)CC2(O)CCC3C4=CC=C5CC(O)CCC5(C)C4CCC32C)cc1. The van der Waals surface area contributed by atoms with Crippen LogP contribution in [0.1, 0.15) is 63.7 Å². The van der Waals surface area contributed by atoms with Crippen molar-refractivity contribution in [2.24, 2.45) is 22.7 Å². The molecule has 0 radical (unpaired) electrons. The summed E-state index contributed by atoms with van der Waals surface area (Å²) in [5, 5.41) is 27.9. The molecule has 0 aliphatic heterocycles. The molecule has 4 aliphatic carbocycles. The van der Waals surface area contributed by atoms with E-state index in [1.807, 2.05) is 35.2 Å². The molecule has 2 amide bonds. The average Bonchev–Trinajstić information content (AvgIpc) is 3.58. The van der Waals surface area contributed by atoms with Crippen LogP contribution in [0.2, 0.25) is 0 Å². The van der Waals surface area contributed by atoms with Gasteiger partial charge in [0.1, 0.15) is 5.75 Å². The van der Waals surface area contributed by atoms with E-state index < -0.39 is 5.60 Å². The van der Waals surface area contributed by atoms with Crippen LogP contribution in [0.4, 0.5) is 10.5 Å². The van der Waals surface area contributed by atoms with Gasteiger partial charge in [0.2, 0.25) is 0 Å². The van der Waals surface area contributed by atoms with E-state index in [0.717, 1.165) is 50.7 Å². The highest BCUT2D eigenvalue weighted by atomic mass is 32.1. The van der Waals surface area contributed by atoms with Crippen LogP contribution in [0.15, 0.2) is 65.1 Å². The topological polar surface area (TPSA) is 82.0 Å². The third-order valence-corrected chi connectivity index (χ3v) is 12.1. The largest absolute Gasteiger partial charge is 0.497 e. The highest BCUT2D eigenvalue weighted by Gasteiger charge is 2.62. The van der Waals surface area contributed by atoms with E-state index in [4.69, 9.17) is 4.74 Å². The van der Waals surface area contributed by atoms with Crippen molar-refractivity contribution >= 4 is 23.1 Å². The van der Waals surface area contributed by atoms with Gasteiger partial charge in [0, 0.05) is 22.5 Å². The lowest BCUT2D eigenvalue weighted by atomic mass is 9.50. The summed E-state index contributed by atoms with van der Waals surface area (Å²) >= 11 is 1.70. The molecule has 7 heteroatoms. The second kappa shape index (κ2) is 10.9. The fraction of sp³-hybridized carbons (Fsp3) is 0.559. The maximum Gasteiger partial charge on any atom is 0.321 e. The summed E-state index contributed by atoms with van der Waals surface area (Å²) in [5.41, 5.74) is 2.44. The summed E-state index contributed by atoms with van der Waals surface area (Å²) in [4.78, 5) is 16.8. The molecule has 0 bridgehead atoms. The van der Waals surface area contributed by atoms with Crippen LogP contribution in [0.25, 0.3) is 0 Å². The van der Waals surface area contributed by atoms with Gasteiger partial charge in [0.05, 0.1) is 25.4 Å². The number of hydrogen-bond acceptors (Lipinski definition) is 5. The molecule has 1 aromatic heterocycles. The quantitative estimate of drug-likeness (QED) is 0.338. The number of thiophene rings is 1. The van der Waals surface area contributed by atoms with Crippen LogP contribution in [-0.4, -0.2) is 53.0 Å². The molecule has 2 aromatic rings. The molecule has 1 aromatic carbocycles. The van der Waals surface area contributed by atoms with Crippen LogP contribution in [0, 0.1) is 22.7 Å². The minimum Gasteiger partial charge on any atom is -0.497 e. The molecule has 1 heterocycles.